The molecule has 0 amide bonds. The van der Waals surface area contributed by atoms with Crippen LogP contribution in [0.25, 0.3) is 5.52 Å². The lowest BCUT2D eigenvalue weighted by Crippen LogP contribution is -2.14. The Morgan fingerprint density at radius 1 is 1.44 bits per heavy atom. The lowest BCUT2D eigenvalue weighted by atomic mass is 10.0. The number of pyridine rings is 1. The predicted molar refractivity (Wildman–Crippen MR) is 68.9 cm³/mol. The molecular weight excluding hydrogens is 216 g/mol. The number of hydrogen-bond donors (Lipinski definition) is 0. The molecule has 1 fully saturated rings. The van der Waals surface area contributed by atoms with Gasteiger partial charge in [0, 0.05) is 12.6 Å². The fourth-order valence-electron chi connectivity index (χ4n) is 2.38. The quantitative estimate of drug-likeness (QED) is 0.792. The fraction of sp³-hybridized carbons (Fsp3) is 0.462. The van der Waals surface area contributed by atoms with Crippen molar-refractivity contribution in [3.63, 3.8) is 0 Å². The molecule has 3 heteroatoms. The lowest BCUT2D eigenvalue weighted by Gasteiger charge is -2.20. The van der Waals surface area contributed by atoms with Gasteiger partial charge < -0.3 is 4.40 Å². The van der Waals surface area contributed by atoms with Gasteiger partial charge >= 0.3 is 0 Å². The first-order valence-electron chi connectivity index (χ1n) is 5.92. The summed E-state index contributed by atoms with van der Waals surface area (Å²) in [4.78, 5) is 4.54. The largest absolute Gasteiger partial charge is 0.304 e. The van der Waals surface area contributed by atoms with Gasteiger partial charge in [-0.05, 0) is 42.4 Å². The summed E-state index contributed by atoms with van der Waals surface area (Å²) in [5.41, 5.74) is 1.21. The van der Waals surface area contributed by atoms with E-state index in [4.69, 9.17) is 0 Å². The molecule has 0 radical (unpaired) electrons. The number of rotatable bonds is 2. The Balaban J connectivity index is 1.83. The van der Waals surface area contributed by atoms with E-state index in [1.165, 1.54) is 35.7 Å². The Hall–Kier alpha value is -0.960. The van der Waals surface area contributed by atoms with Gasteiger partial charge in [0.1, 0.15) is 5.82 Å². The molecule has 0 aliphatic carbocycles. The van der Waals surface area contributed by atoms with Gasteiger partial charge in [-0.15, -0.1) is 0 Å². The number of thioether (sulfide) groups is 1. The number of nitrogens with zero attached hydrogens (tertiary/aromatic N) is 2. The zero-order valence-electron chi connectivity index (χ0n) is 9.30. The van der Waals surface area contributed by atoms with E-state index in [1.54, 1.807) is 0 Å². The predicted octanol–water partition coefficient (Wildman–Crippen LogP) is 3.02. The van der Waals surface area contributed by atoms with Crippen LogP contribution in [0.15, 0.2) is 30.6 Å². The Bertz CT molecular complexity index is 471. The summed E-state index contributed by atoms with van der Waals surface area (Å²) in [6, 6.07) is 6.26. The molecule has 3 heterocycles. The maximum atomic E-state index is 4.54. The number of hydrogen-bond acceptors (Lipinski definition) is 2. The monoisotopic (exact) mass is 232 g/mol. The van der Waals surface area contributed by atoms with E-state index in [0.717, 1.165) is 12.3 Å². The van der Waals surface area contributed by atoms with Crippen LogP contribution in [0.3, 0.4) is 0 Å². The van der Waals surface area contributed by atoms with Crippen molar-refractivity contribution in [2.75, 3.05) is 11.5 Å². The summed E-state index contributed by atoms with van der Waals surface area (Å²) in [5, 5.41) is 0. The Morgan fingerprint density at radius 2 is 2.44 bits per heavy atom. The first-order valence-corrected chi connectivity index (χ1v) is 7.07. The molecule has 84 valence electrons. The molecule has 2 aromatic rings. The molecule has 16 heavy (non-hydrogen) atoms. The molecular formula is C13H16N2S. The zero-order chi connectivity index (χ0) is 10.8. The highest BCUT2D eigenvalue weighted by molar-refractivity contribution is 7.99. The first kappa shape index (κ1) is 10.2. The van der Waals surface area contributed by atoms with Gasteiger partial charge in [-0.25, -0.2) is 4.98 Å². The van der Waals surface area contributed by atoms with Crippen molar-refractivity contribution in [3.05, 3.63) is 36.4 Å². The molecule has 1 atom stereocenters. The molecule has 1 aliphatic heterocycles. The average molecular weight is 232 g/mol. The summed E-state index contributed by atoms with van der Waals surface area (Å²) in [5.74, 6) is 4.70. The van der Waals surface area contributed by atoms with Gasteiger partial charge in [0.15, 0.2) is 0 Å². The number of imidazole rings is 1. The minimum absolute atomic E-state index is 0.824. The standard InChI is InChI=1S/C13H16N2S/c1-2-6-15-12(5-1)9-14-13(15)8-11-4-3-7-16-10-11/h1-2,5-6,9,11H,3-4,7-8,10H2. The van der Waals surface area contributed by atoms with Crippen LogP contribution in [0.5, 0.6) is 0 Å². The molecule has 2 aromatic heterocycles. The summed E-state index contributed by atoms with van der Waals surface area (Å²) < 4.78 is 2.22. The molecule has 0 aromatic carbocycles. The van der Waals surface area contributed by atoms with Crippen LogP contribution in [0, 0.1) is 5.92 Å². The van der Waals surface area contributed by atoms with Crippen molar-refractivity contribution in [1.29, 1.82) is 0 Å². The van der Waals surface area contributed by atoms with Crippen LogP contribution in [0.4, 0.5) is 0 Å². The minimum Gasteiger partial charge on any atom is -0.304 e. The van der Waals surface area contributed by atoms with E-state index in [1.807, 2.05) is 6.20 Å². The molecule has 3 rings (SSSR count). The third kappa shape index (κ3) is 1.96. The van der Waals surface area contributed by atoms with Crippen molar-refractivity contribution in [2.24, 2.45) is 5.92 Å². The Labute approximate surface area is 100 Å². The maximum Gasteiger partial charge on any atom is 0.113 e. The molecule has 0 bridgehead atoms. The second-order valence-corrected chi connectivity index (χ2v) is 5.61. The van der Waals surface area contributed by atoms with E-state index < -0.39 is 0 Å². The van der Waals surface area contributed by atoms with Crippen LogP contribution in [0.2, 0.25) is 0 Å². The summed E-state index contributed by atoms with van der Waals surface area (Å²) in [7, 11) is 0. The van der Waals surface area contributed by atoms with E-state index in [-0.39, 0.29) is 0 Å². The van der Waals surface area contributed by atoms with Crippen LogP contribution in [-0.4, -0.2) is 20.9 Å². The topological polar surface area (TPSA) is 17.3 Å². The van der Waals surface area contributed by atoms with Gasteiger partial charge in [0.2, 0.25) is 0 Å². The summed E-state index contributed by atoms with van der Waals surface area (Å²) in [6.07, 6.45) is 7.97. The highest BCUT2D eigenvalue weighted by Crippen LogP contribution is 2.25. The third-order valence-corrected chi connectivity index (χ3v) is 4.53. The smallest absolute Gasteiger partial charge is 0.113 e. The molecule has 1 unspecified atom stereocenters. The number of fused-ring (bicyclic) bond motifs is 1. The van der Waals surface area contributed by atoms with E-state index in [0.29, 0.717) is 0 Å². The summed E-state index contributed by atoms with van der Waals surface area (Å²) >= 11 is 2.09. The molecule has 0 N–H and O–H groups in total. The molecule has 0 spiro atoms. The van der Waals surface area contributed by atoms with Gasteiger partial charge in [-0.2, -0.15) is 11.8 Å². The Morgan fingerprint density at radius 3 is 3.31 bits per heavy atom. The van der Waals surface area contributed by atoms with Crippen molar-refractivity contribution in [2.45, 2.75) is 19.3 Å². The van der Waals surface area contributed by atoms with Crippen LogP contribution >= 0.6 is 11.8 Å². The SMILES string of the molecule is c1ccn2c(CC3CCCSC3)ncc2c1. The van der Waals surface area contributed by atoms with E-state index in [9.17, 15) is 0 Å². The van der Waals surface area contributed by atoms with Crippen molar-refractivity contribution >= 4 is 17.3 Å². The van der Waals surface area contributed by atoms with Crippen LogP contribution in [0.1, 0.15) is 18.7 Å². The number of aromatic nitrogens is 2. The Kier molecular flexibility index (Phi) is 2.87. The summed E-state index contributed by atoms with van der Waals surface area (Å²) in [6.45, 7) is 0. The maximum absolute atomic E-state index is 4.54. The second kappa shape index (κ2) is 4.50. The highest BCUT2D eigenvalue weighted by Gasteiger charge is 2.16. The molecule has 1 saturated heterocycles. The van der Waals surface area contributed by atoms with E-state index in [2.05, 4.69) is 45.5 Å². The van der Waals surface area contributed by atoms with Crippen molar-refractivity contribution in [1.82, 2.24) is 9.38 Å². The highest BCUT2D eigenvalue weighted by atomic mass is 32.2. The van der Waals surface area contributed by atoms with Gasteiger partial charge in [0.25, 0.3) is 0 Å². The molecule has 2 nitrogen and oxygen atoms in total. The third-order valence-electron chi connectivity index (χ3n) is 3.24. The molecule has 0 saturated carbocycles. The van der Waals surface area contributed by atoms with Crippen molar-refractivity contribution < 1.29 is 0 Å². The first-order chi connectivity index (χ1) is 7.93. The van der Waals surface area contributed by atoms with Gasteiger partial charge in [-0.3, -0.25) is 0 Å². The van der Waals surface area contributed by atoms with Gasteiger partial charge in [0.05, 0.1) is 11.7 Å². The van der Waals surface area contributed by atoms with Crippen molar-refractivity contribution in [3.8, 4) is 0 Å². The van der Waals surface area contributed by atoms with Crippen LogP contribution < -0.4 is 0 Å². The molecule has 1 aliphatic rings. The second-order valence-electron chi connectivity index (χ2n) is 4.46. The minimum atomic E-state index is 0.824. The average Bonchev–Trinajstić information content (AvgIpc) is 2.74. The normalized spacial score (nSPS) is 21.4. The fourth-order valence-corrected chi connectivity index (χ4v) is 3.53. The van der Waals surface area contributed by atoms with Gasteiger partial charge in [-0.1, -0.05) is 6.07 Å². The lowest BCUT2D eigenvalue weighted by molar-refractivity contribution is 0.507. The zero-order valence-corrected chi connectivity index (χ0v) is 10.1. The van der Waals surface area contributed by atoms with Crippen LogP contribution in [-0.2, 0) is 6.42 Å². The van der Waals surface area contributed by atoms with E-state index >= 15 is 0 Å².